The van der Waals surface area contributed by atoms with E-state index in [2.05, 4.69) is 17.1 Å². The van der Waals surface area contributed by atoms with Crippen molar-refractivity contribution in [2.75, 3.05) is 42.9 Å². The lowest BCUT2D eigenvalue weighted by atomic mass is 10.1. The number of hydrogen-bond donors (Lipinski definition) is 2. The number of halogens is 1. The third-order valence-corrected chi connectivity index (χ3v) is 6.55. The van der Waals surface area contributed by atoms with Crippen LogP contribution in [0, 0.1) is 5.82 Å². The van der Waals surface area contributed by atoms with Crippen molar-refractivity contribution in [1.82, 2.24) is 9.47 Å². The first-order valence-corrected chi connectivity index (χ1v) is 11.4. The molecule has 8 heteroatoms. The zero-order chi connectivity index (χ0) is 23.1. The molecule has 2 N–H and O–H groups in total. The predicted octanol–water partition coefficient (Wildman–Crippen LogP) is 3.58. The first-order chi connectivity index (χ1) is 15.9. The Labute approximate surface area is 191 Å². The van der Waals surface area contributed by atoms with Gasteiger partial charge in [0.15, 0.2) is 0 Å². The number of benzene rings is 2. The minimum Gasteiger partial charge on any atom is -0.508 e. The molecule has 0 radical (unpaired) electrons. The smallest absolute Gasteiger partial charge is 0.261 e. The van der Waals surface area contributed by atoms with Crippen molar-refractivity contribution in [3.8, 4) is 5.75 Å². The molecule has 0 spiro atoms. The third kappa shape index (κ3) is 4.18. The lowest BCUT2D eigenvalue weighted by molar-refractivity contribution is 0.102. The molecule has 3 aromatic rings. The largest absolute Gasteiger partial charge is 0.508 e. The van der Waals surface area contributed by atoms with Crippen LogP contribution in [0.25, 0.3) is 10.9 Å². The summed E-state index contributed by atoms with van der Waals surface area (Å²) in [5.41, 5.74) is 1.00. The Morgan fingerprint density at radius 1 is 1.15 bits per heavy atom. The number of aromatic nitrogens is 1. The van der Waals surface area contributed by atoms with E-state index in [1.165, 1.54) is 18.2 Å². The molecule has 1 aliphatic carbocycles. The van der Waals surface area contributed by atoms with Gasteiger partial charge in [-0.15, -0.1) is 0 Å². The quantitative estimate of drug-likeness (QED) is 0.621. The molecule has 172 valence electrons. The molecule has 1 saturated carbocycles. The highest BCUT2D eigenvalue weighted by Gasteiger charge is 2.28. The number of aromatic hydroxyl groups is 1. The molecule has 2 heterocycles. The zero-order valence-corrected chi connectivity index (χ0v) is 18.6. The van der Waals surface area contributed by atoms with Gasteiger partial charge >= 0.3 is 0 Å². The third-order valence-electron chi connectivity index (χ3n) is 6.55. The first-order valence-electron chi connectivity index (χ1n) is 11.4. The summed E-state index contributed by atoms with van der Waals surface area (Å²) in [6.07, 6.45) is 3.50. The van der Waals surface area contributed by atoms with Crippen LogP contribution < -0.4 is 15.6 Å². The Kier molecular flexibility index (Phi) is 5.54. The van der Waals surface area contributed by atoms with Crippen LogP contribution in [0.5, 0.6) is 5.75 Å². The van der Waals surface area contributed by atoms with E-state index in [1.807, 2.05) is 9.47 Å². The molecule has 2 aromatic carbocycles. The highest BCUT2D eigenvalue weighted by atomic mass is 19.1. The van der Waals surface area contributed by atoms with Gasteiger partial charge in [0, 0.05) is 55.6 Å². The number of rotatable bonds is 5. The Hall–Kier alpha value is -3.39. The van der Waals surface area contributed by atoms with E-state index in [0.29, 0.717) is 16.9 Å². The maximum atomic E-state index is 15.2. The van der Waals surface area contributed by atoms with Crippen LogP contribution in [0.4, 0.5) is 15.8 Å². The minimum atomic E-state index is -0.581. The molecule has 1 amide bonds. The van der Waals surface area contributed by atoms with Gasteiger partial charge in [-0.25, -0.2) is 4.39 Å². The van der Waals surface area contributed by atoms with Gasteiger partial charge in [0.2, 0.25) is 5.43 Å². The SMILES string of the molecule is CCN1CCN(c2cc3c(cc2F)c(=O)c(C(=O)Nc2cccc(O)c2)cn3C2CC2)CC1. The van der Waals surface area contributed by atoms with Crippen LogP contribution in [0.15, 0.2) is 47.4 Å². The predicted molar refractivity (Wildman–Crippen MR) is 127 cm³/mol. The van der Waals surface area contributed by atoms with Crippen LogP contribution in [0.1, 0.15) is 36.2 Å². The summed E-state index contributed by atoms with van der Waals surface area (Å²) in [5, 5.41) is 12.5. The van der Waals surface area contributed by atoms with Gasteiger partial charge in [0.1, 0.15) is 17.1 Å². The Balaban J connectivity index is 1.55. The Morgan fingerprint density at radius 2 is 1.91 bits per heavy atom. The number of nitrogens with zero attached hydrogens (tertiary/aromatic N) is 3. The van der Waals surface area contributed by atoms with Gasteiger partial charge < -0.3 is 24.8 Å². The van der Waals surface area contributed by atoms with E-state index in [9.17, 15) is 14.7 Å². The van der Waals surface area contributed by atoms with Gasteiger partial charge in [-0.2, -0.15) is 0 Å². The van der Waals surface area contributed by atoms with Gasteiger partial charge in [-0.1, -0.05) is 13.0 Å². The van der Waals surface area contributed by atoms with E-state index in [1.54, 1.807) is 24.4 Å². The lowest BCUT2D eigenvalue weighted by Gasteiger charge is -2.35. The van der Waals surface area contributed by atoms with Gasteiger partial charge in [0.05, 0.1) is 11.2 Å². The van der Waals surface area contributed by atoms with E-state index >= 15 is 4.39 Å². The van der Waals surface area contributed by atoms with Gasteiger partial charge in [-0.05, 0) is 43.7 Å². The van der Waals surface area contributed by atoms with Crippen LogP contribution in [-0.4, -0.2) is 53.2 Å². The summed E-state index contributed by atoms with van der Waals surface area (Å²) in [6.45, 7) is 6.30. The summed E-state index contributed by atoms with van der Waals surface area (Å²) in [7, 11) is 0. The molecule has 33 heavy (non-hydrogen) atoms. The topological polar surface area (TPSA) is 77.8 Å². The number of pyridine rings is 1. The van der Waals surface area contributed by atoms with E-state index in [4.69, 9.17) is 0 Å². The van der Waals surface area contributed by atoms with Crippen molar-refractivity contribution >= 4 is 28.2 Å². The first kappa shape index (κ1) is 21.5. The fraction of sp³-hybridized carbons (Fsp3) is 0.360. The van der Waals surface area contributed by atoms with Crippen molar-refractivity contribution in [2.45, 2.75) is 25.8 Å². The highest BCUT2D eigenvalue weighted by molar-refractivity contribution is 6.06. The molecule has 2 fully saturated rings. The minimum absolute atomic E-state index is 0.0103. The van der Waals surface area contributed by atoms with Crippen LogP contribution in [-0.2, 0) is 0 Å². The second-order valence-electron chi connectivity index (χ2n) is 8.76. The van der Waals surface area contributed by atoms with Gasteiger partial charge in [0.25, 0.3) is 5.91 Å². The summed E-state index contributed by atoms with van der Waals surface area (Å²) < 4.78 is 17.1. The second-order valence-corrected chi connectivity index (χ2v) is 8.76. The number of hydrogen-bond acceptors (Lipinski definition) is 5. The van der Waals surface area contributed by atoms with Crippen molar-refractivity contribution in [1.29, 1.82) is 0 Å². The molecular weight excluding hydrogens is 423 g/mol. The number of anilines is 2. The average Bonchev–Trinajstić information content (AvgIpc) is 3.65. The molecular formula is C25H27FN4O3. The molecule has 0 atom stereocenters. The monoisotopic (exact) mass is 450 g/mol. The standard InChI is InChI=1S/C25H27FN4O3/c1-2-28-8-10-29(11-9-28)23-14-22-19(13-21(23)26)24(32)20(15-30(22)17-6-7-17)25(33)27-16-4-3-5-18(31)12-16/h3-5,12-15,17,31H,2,6-11H2,1H3,(H,27,33). The number of likely N-dealkylation sites (N-methyl/N-ethyl adjacent to an activating group) is 1. The fourth-order valence-corrected chi connectivity index (χ4v) is 4.50. The van der Waals surface area contributed by atoms with Crippen LogP contribution >= 0.6 is 0 Å². The number of amides is 1. The molecule has 7 nitrogen and oxygen atoms in total. The van der Waals surface area contributed by atoms with Crippen molar-refractivity contribution in [3.05, 3.63) is 64.2 Å². The maximum absolute atomic E-state index is 15.2. The molecule has 1 aromatic heterocycles. The summed E-state index contributed by atoms with van der Waals surface area (Å²) >= 11 is 0. The molecule has 5 rings (SSSR count). The number of nitrogens with one attached hydrogen (secondary N) is 1. The normalized spacial score (nSPS) is 16.8. The van der Waals surface area contributed by atoms with E-state index in [0.717, 1.165) is 45.6 Å². The molecule has 2 aliphatic rings. The summed E-state index contributed by atoms with van der Waals surface area (Å²) in [5.74, 6) is -1.02. The molecule has 1 aliphatic heterocycles. The van der Waals surface area contributed by atoms with Gasteiger partial charge in [-0.3, -0.25) is 9.59 Å². The lowest BCUT2D eigenvalue weighted by Crippen LogP contribution is -2.46. The Morgan fingerprint density at radius 3 is 2.58 bits per heavy atom. The van der Waals surface area contributed by atoms with Crippen molar-refractivity contribution in [3.63, 3.8) is 0 Å². The number of fused-ring (bicyclic) bond motifs is 1. The van der Waals surface area contributed by atoms with E-state index in [-0.39, 0.29) is 22.7 Å². The molecule has 0 unspecified atom stereocenters. The van der Waals surface area contributed by atoms with Crippen molar-refractivity contribution in [2.24, 2.45) is 0 Å². The number of phenolic OH excluding ortho intramolecular Hbond substituents is 1. The fourth-order valence-electron chi connectivity index (χ4n) is 4.50. The maximum Gasteiger partial charge on any atom is 0.261 e. The van der Waals surface area contributed by atoms with E-state index < -0.39 is 17.2 Å². The average molecular weight is 451 g/mol. The second kappa shape index (κ2) is 8.51. The number of carbonyl (C=O) groups excluding carboxylic acids is 1. The highest BCUT2D eigenvalue weighted by Crippen LogP contribution is 2.38. The Bertz CT molecular complexity index is 1280. The number of phenols is 1. The zero-order valence-electron chi connectivity index (χ0n) is 18.6. The summed E-state index contributed by atoms with van der Waals surface area (Å²) in [4.78, 5) is 30.5. The number of carbonyl (C=O) groups is 1. The van der Waals surface area contributed by atoms with Crippen LogP contribution in [0.2, 0.25) is 0 Å². The number of piperazine rings is 1. The van der Waals surface area contributed by atoms with Crippen molar-refractivity contribution < 1.29 is 14.3 Å². The van der Waals surface area contributed by atoms with Crippen LogP contribution in [0.3, 0.4) is 0 Å². The molecule has 1 saturated heterocycles. The molecule has 0 bridgehead atoms. The summed E-state index contributed by atoms with van der Waals surface area (Å²) in [6, 6.07) is 9.37.